The monoisotopic (exact) mass is 450 g/mol. The van der Waals surface area contributed by atoms with Crippen LogP contribution >= 0.6 is 54.8 Å². The minimum absolute atomic E-state index is 0.252. The van der Waals surface area contributed by atoms with E-state index in [1.165, 1.54) is 10.9 Å². The number of thiophene rings is 1. The molecule has 1 atom stereocenters. The van der Waals surface area contributed by atoms with Crippen molar-refractivity contribution in [3.05, 3.63) is 49.0 Å². The second-order valence-corrected chi connectivity index (χ2v) is 7.98. The first kappa shape index (κ1) is 15.5. The van der Waals surface area contributed by atoms with Gasteiger partial charge in [0.25, 0.3) is 0 Å². The van der Waals surface area contributed by atoms with Gasteiger partial charge in [0.2, 0.25) is 0 Å². The Hall–Kier alpha value is -0.430. The average Bonchev–Trinajstić information content (AvgIpc) is 2.97. The van der Waals surface area contributed by atoms with Crippen LogP contribution in [0, 0.1) is 5.82 Å². The number of imidazole rings is 1. The fourth-order valence-electron chi connectivity index (χ4n) is 2.19. The van der Waals surface area contributed by atoms with Gasteiger partial charge in [-0.25, -0.2) is 9.37 Å². The zero-order valence-electron chi connectivity index (χ0n) is 10.9. The topological polar surface area (TPSA) is 17.8 Å². The van der Waals surface area contributed by atoms with Gasteiger partial charge in [-0.05, 0) is 56.3 Å². The van der Waals surface area contributed by atoms with Crippen molar-refractivity contribution in [3.63, 3.8) is 0 Å². The lowest BCUT2D eigenvalue weighted by atomic mass is 10.3. The van der Waals surface area contributed by atoms with Gasteiger partial charge in [0.1, 0.15) is 11.6 Å². The van der Waals surface area contributed by atoms with Gasteiger partial charge >= 0.3 is 0 Å². The molecule has 7 heteroatoms. The van der Waals surface area contributed by atoms with E-state index in [4.69, 9.17) is 11.6 Å². The maximum Gasteiger partial charge on any atom is 0.139 e. The van der Waals surface area contributed by atoms with E-state index in [-0.39, 0.29) is 11.2 Å². The highest BCUT2D eigenvalue weighted by atomic mass is 79.9. The summed E-state index contributed by atoms with van der Waals surface area (Å²) < 4.78 is 17.2. The molecule has 0 spiro atoms. The van der Waals surface area contributed by atoms with Crippen molar-refractivity contribution in [2.24, 2.45) is 0 Å². The molecule has 2 nitrogen and oxygen atoms in total. The molecule has 0 saturated carbocycles. The Morgan fingerprint density at radius 2 is 2.14 bits per heavy atom. The van der Waals surface area contributed by atoms with E-state index in [9.17, 15) is 4.39 Å². The van der Waals surface area contributed by atoms with E-state index in [2.05, 4.69) is 36.8 Å². The van der Waals surface area contributed by atoms with Gasteiger partial charge in [0.15, 0.2) is 0 Å². The molecule has 1 aromatic carbocycles. The van der Waals surface area contributed by atoms with Crippen molar-refractivity contribution in [2.45, 2.75) is 18.8 Å². The molecular formula is C14H10Br2ClFN2S. The van der Waals surface area contributed by atoms with Crippen LogP contribution in [0.5, 0.6) is 0 Å². The zero-order chi connectivity index (χ0) is 15.1. The van der Waals surface area contributed by atoms with E-state index in [0.717, 1.165) is 15.8 Å². The summed E-state index contributed by atoms with van der Waals surface area (Å²) in [4.78, 5) is 5.66. The molecule has 0 aliphatic rings. The van der Waals surface area contributed by atoms with Gasteiger partial charge in [-0.2, -0.15) is 0 Å². The first-order valence-corrected chi connectivity index (χ1v) is 9.08. The maximum absolute atomic E-state index is 13.7. The normalized spacial score (nSPS) is 13.0. The van der Waals surface area contributed by atoms with Crippen molar-refractivity contribution in [1.82, 2.24) is 9.55 Å². The van der Waals surface area contributed by atoms with Crippen LogP contribution in [0.15, 0.2) is 32.5 Å². The molecule has 110 valence electrons. The summed E-state index contributed by atoms with van der Waals surface area (Å²) in [6.07, 6.45) is 0. The number of alkyl halides is 1. The maximum atomic E-state index is 13.7. The van der Waals surface area contributed by atoms with Gasteiger partial charge in [0, 0.05) is 15.4 Å². The van der Waals surface area contributed by atoms with Crippen molar-refractivity contribution < 1.29 is 4.39 Å². The second kappa shape index (κ2) is 5.99. The third-order valence-corrected chi connectivity index (χ3v) is 5.88. The second-order valence-electron chi connectivity index (χ2n) is 4.62. The van der Waals surface area contributed by atoms with E-state index in [0.29, 0.717) is 16.5 Å². The van der Waals surface area contributed by atoms with Crippen LogP contribution in [0.25, 0.3) is 11.0 Å². The Bertz CT molecular complexity index is 813. The third-order valence-electron chi connectivity index (χ3n) is 3.17. The molecule has 2 heterocycles. The summed E-state index contributed by atoms with van der Waals surface area (Å²) in [5, 5.41) is 1.77. The van der Waals surface area contributed by atoms with Gasteiger partial charge < -0.3 is 4.57 Å². The van der Waals surface area contributed by atoms with Gasteiger partial charge in [0.05, 0.1) is 27.4 Å². The van der Waals surface area contributed by atoms with Gasteiger partial charge in [-0.1, -0.05) is 0 Å². The Kier molecular flexibility index (Phi) is 4.41. The Morgan fingerprint density at radius 3 is 2.76 bits per heavy atom. The predicted octanol–water partition coefficient (Wildman–Crippen LogP) is 6.11. The minimum Gasteiger partial charge on any atom is -0.321 e. The number of benzene rings is 1. The molecule has 0 saturated heterocycles. The molecule has 0 N–H and O–H groups in total. The van der Waals surface area contributed by atoms with Crippen LogP contribution < -0.4 is 0 Å². The molecule has 2 aromatic heterocycles. The van der Waals surface area contributed by atoms with Gasteiger partial charge in [-0.15, -0.1) is 22.9 Å². The number of nitrogens with zero attached hydrogens (tertiary/aromatic N) is 2. The fourth-order valence-corrected chi connectivity index (χ4v) is 4.15. The Morgan fingerprint density at radius 1 is 1.38 bits per heavy atom. The first-order valence-electron chi connectivity index (χ1n) is 6.18. The molecule has 0 fully saturated rings. The molecule has 3 aromatic rings. The molecule has 21 heavy (non-hydrogen) atoms. The molecule has 0 bridgehead atoms. The molecule has 3 rings (SSSR count). The van der Waals surface area contributed by atoms with Crippen molar-refractivity contribution in [2.75, 3.05) is 0 Å². The number of fused-ring (bicyclic) bond motifs is 1. The van der Waals surface area contributed by atoms with Crippen LogP contribution in [-0.4, -0.2) is 9.55 Å². The summed E-state index contributed by atoms with van der Waals surface area (Å²) in [5.74, 6) is 0.419. The molecular weight excluding hydrogens is 442 g/mol. The van der Waals surface area contributed by atoms with Crippen LogP contribution in [0.4, 0.5) is 4.39 Å². The highest BCUT2D eigenvalue weighted by Crippen LogP contribution is 2.31. The summed E-state index contributed by atoms with van der Waals surface area (Å²) in [7, 11) is 0. The summed E-state index contributed by atoms with van der Waals surface area (Å²) >= 11 is 14.7. The number of hydrogen-bond acceptors (Lipinski definition) is 2. The third kappa shape index (κ3) is 2.91. The SMILES string of the molecule is CC(Cl)c1nc2cc(F)c(Br)cc2n1Cc1sccc1Br. The minimum atomic E-state index is -0.321. The predicted molar refractivity (Wildman–Crippen MR) is 92.8 cm³/mol. The van der Waals surface area contributed by atoms with Crippen LogP contribution in [0.3, 0.4) is 0 Å². The standard InChI is InChI=1S/C14H10Br2ClFN2S/c1-7(17)14-19-11-5-10(18)9(16)4-12(11)20(14)6-13-8(15)2-3-21-13/h2-5,7H,6H2,1H3. The summed E-state index contributed by atoms with van der Waals surface area (Å²) in [6.45, 7) is 2.52. The van der Waals surface area contributed by atoms with Crippen LogP contribution in [0.1, 0.15) is 23.0 Å². The average molecular weight is 453 g/mol. The molecule has 1 unspecified atom stereocenters. The lowest BCUT2D eigenvalue weighted by molar-refractivity contribution is 0.622. The van der Waals surface area contributed by atoms with E-state index in [1.54, 1.807) is 17.4 Å². The molecule has 0 amide bonds. The Labute approximate surface area is 147 Å². The van der Waals surface area contributed by atoms with E-state index < -0.39 is 0 Å². The molecule has 0 aliphatic carbocycles. The highest BCUT2D eigenvalue weighted by Gasteiger charge is 2.18. The van der Waals surface area contributed by atoms with Gasteiger partial charge in [-0.3, -0.25) is 0 Å². The number of halogens is 4. The van der Waals surface area contributed by atoms with Crippen molar-refractivity contribution in [3.8, 4) is 0 Å². The lowest BCUT2D eigenvalue weighted by Gasteiger charge is -2.10. The number of hydrogen-bond donors (Lipinski definition) is 0. The summed E-state index contributed by atoms with van der Waals surface area (Å²) in [6, 6.07) is 5.20. The van der Waals surface area contributed by atoms with E-state index >= 15 is 0 Å². The fraction of sp³-hybridized carbons (Fsp3) is 0.214. The zero-order valence-corrected chi connectivity index (χ0v) is 15.7. The first-order chi connectivity index (χ1) is 9.97. The highest BCUT2D eigenvalue weighted by molar-refractivity contribution is 9.10. The smallest absolute Gasteiger partial charge is 0.139 e. The lowest BCUT2D eigenvalue weighted by Crippen LogP contribution is -2.05. The Balaban J connectivity index is 2.20. The number of rotatable bonds is 3. The number of aromatic nitrogens is 2. The summed E-state index contributed by atoms with van der Waals surface area (Å²) in [5.41, 5.74) is 1.48. The van der Waals surface area contributed by atoms with Crippen molar-refractivity contribution >= 4 is 65.8 Å². The van der Waals surface area contributed by atoms with Crippen molar-refractivity contribution in [1.29, 1.82) is 0 Å². The van der Waals surface area contributed by atoms with E-state index in [1.807, 2.05) is 22.9 Å². The molecule has 0 aliphatic heterocycles. The quantitative estimate of drug-likeness (QED) is 0.439. The molecule has 0 radical (unpaired) electrons. The largest absolute Gasteiger partial charge is 0.321 e. The van der Waals surface area contributed by atoms with Crippen LogP contribution in [0.2, 0.25) is 0 Å². The van der Waals surface area contributed by atoms with Crippen LogP contribution in [-0.2, 0) is 6.54 Å².